The fourth-order valence-corrected chi connectivity index (χ4v) is 1.10. The van der Waals surface area contributed by atoms with Crippen molar-refractivity contribution >= 4 is 0 Å². The molecule has 0 saturated carbocycles. The van der Waals surface area contributed by atoms with Gasteiger partial charge in [0.1, 0.15) is 5.82 Å². The third kappa shape index (κ3) is 2.19. The topological polar surface area (TPSA) is 45.8 Å². The van der Waals surface area contributed by atoms with Crippen LogP contribution in [0.3, 0.4) is 0 Å². The predicted octanol–water partition coefficient (Wildman–Crippen LogP) is 1.28. The van der Waals surface area contributed by atoms with E-state index in [0.717, 1.165) is 12.0 Å². The summed E-state index contributed by atoms with van der Waals surface area (Å²) >= 11 is 0. The van der Waals surface area contributed by atoms with Gasteiger partial charge in [-0.05, 0) is 19.3 Å². The molecule has 1 heterocycles. The summed E-state index contributed by atoms with van der Waals surface area (Å²) in [5, 5.41) is 0. The molecule has 12 heavy (non-hydrogen) atoms. The first kappa shape index (κ1) is 8.97. The van der Waals surface area contributed by atoms with Crippen LogP contribution in [0, 0.1) is 12.8 Å². The Morgan fingerprint density at radius 1 is 1.58 bits per heavy atom. The normalized spacial score (nSPS) is 10.7. The molecule has 3 nitrogen and oxygen atoms in total. The molecular formula is C9H14N2O. The van der Waals surface area contributed by atoms with Crippen LogP contribution < -0.4 is 5.56 Å². The summed E-state index contributed by atoms with van der Waals surface area (Å²) in [7, 11) is 0. The zero-order chi connectivity index (χ0) is 9.14. The third-order valence-corrected chi connectivity index (χ3v) is 1.63. The summed E-state index contributed by atoms with van der Waals surface area (Å²) in [6, 6.07) is 0. The van der Waals surface area contributed by atoms with Crippen LogP contribution in [0.5, 0.6) is 0 Å². The molecule has 0 unspecified atom stereocenters. The van der Waals surface area contributed by atoms with Gasteiger partial charge in [-0.3, -0.25) is 4.79 Å². The molecule has 0 aliphatic rings. The van der Waals surface area contributed by atoms with Gasteiger partial charge in [0, 0.05) is 11.8 Å². The van der Waals surface area contributed by atoms with Crippen LogP contribution >= 0.6 is 0 Å². The highest BCUT2D eigenvalue weighted by atomic mass is 16.1. The molecular weight excluding hydrogens is 152 g/mol. The maximum absolute atomic E-state index is 11.3. The van der Waals surface area contributed by atoms with Gasteiger partial charge in [-0.2, -0.15) is 0 Å². The van der Waals surface area contributed by atoms with Gasteiger partial charge in [0.15, 0.2) is 0 Å². The second kappa shape index (κ2) is 3.52. The summed E-state index contributed by atoms with van der Waals surface area (Å²) in [5.74, 6) is 1.17. The number of aromatic amines is 1. The van der Waals surface area contributed by atoms with Crippen molar-refractivity contribution in [3.05, 3.63) is 27.9 Å². The molecule has 0 fully saturated rings. The quantitative estimate of drug-likeness (QED) is 0.719. The average molecular weight is 166 g/mol. The van der Waals surface area contributed by atoms with Crippen LogP contribution in [0.1, 0.15) is 25.2 Å². The van der Waals surface area contributed by atoms with E-state index in [4.69, 9.17) is 0 Å². The first-order chi connectivity index (χ1) is 5.59. The largest absolute Gasteiger partial charge is 0.311 e. The van der Waals surface area contributed by atoms with Crippen LogP contribution in [0.2, 0.25) is 0 Å². The highest BCUT2D eigenvalue weighted by Gasteiger charge is 2.02. The second-order valence-corrected chi connectivity index (χ2v) is 3.42. The highest BCUT2D eigenvalue weighted by molar-refractivity contribution is 5.05. The van der Waals surface area contributed by atoms with Crippen LogP contribution in [-0.2, 0) is 6.42 Å². The maximum Gasteiger partial charge on any atom is 0.254 e. The SMILES string of the molecule is Cc1ncc(CC(C)C)c(=O)[nH]1. The zero-order valence-corrected chi connectivity index (χ0v) is 7.72. The number of hydrogen-bond donors (Lipinski definition) is 1. The van der Waals surface area contributed by atoms with Gasteiger partial charge < -0.3 is 4.98 Å². The van der Waals surface area contributed by atoms with E-state index in [1.807, 2.05) is 0 Å². The minimum atomic E-state index is -0.00352. The van der Waals surface area contributed by atoms with E-state index < -0.39 is 0 Å². The zero-order valence-electron chi connectivity index (χ0n) is 7.72. The van der Waals surface area contributed by atoms with E-state index >= 15 is 0 Å². The molecule has 0 amide bonds. The summed E-state index contributed by atoms with van der Waals surface area (Å²) < 4.78 is 0. The molecule has 0 aromatic carbocycles. The van der Waals surface area contributed by atoms with Crippen LogP contribution in [0.4, 0.5) is 0 Å². The van der Waals surface area contributed by atoms with Crippen LogP contribution in [0.25, 0.3) is 0 Å². The van der Waals surface area contributed by atoms with E-state index in [1.165, 1.54) is 0 Å². The number of nitrogens with zero attached hydrogens (tertiary/aromatic N) is 1. The molecule has 0 radical (unpaired) electrons. The fourth-order valence-electron chi connectivity index (χ4n) is 1.10. The molecule has 66 valence electrons. The van der Waals surface area contributed by atoms with Crippen LogP contribution in [0.15, 0.2) is 11.0 Å². The van der Waals surface area contributed by atoms with E-state index in [0.29, 0.717) is 11.7 Å². The Morgan fingerprint density at radius 2 is 2.25 bits per heavy atom. The van der Waals surface area contributed by atoms with Crippen molar-refractivity contribution in [2.45, 2.75) is 27.2 Å². The van der Waals surface area contributed by atoms with Crippen molar-refractivity contribution in [3.8, 4) is 0 Å². The molecule has 0 atom stereocenters. The Balaban J connectivity index is 2.94. The predicted molar refractivity (Wildman–Crippen MR) is 48.1 cm³/mol. The summed E-state index contributed by atoms with van der Waals surface area (Å²) in [6.45, 7) is 5.94. The van der Waals surface area contributed by atoms with Gasteiger partial charge in [0.2, 0.25) is 0 Å². The molecule has 0 saturated heterocycles. The van der Waals surface area contributed by atoms with Crippen LogP contribution in [-0.4, -0.2) is 9.97 Å². The molecule has 0 aliphatic carbocycles. The van der Waals surface area contributed by atoms with Crippen molar-refractivity contribution < 1.29 is 0 Å². The lowest BCUT2D eigenvalue weighted by Gasteiger charge is -2.02. The highest BCUT2D eigenvalue weighted by Crippen LogP contribution is 2.00. The molecule has 1 rings (SSSR count). The average Bonchev–Trinajstić information content (AvgIpc) is 1.94. The standard InChI is InChI=1S/C9H14N2O/c1-6(2)4-8-5-10-7(3)11-9(8)12/h5-6H,4H2,1-3H3,(H,10,11,12). The van der Waals surface area contributed by atoms with Gasteiger partial charge in [0.25, 0.3) is 5.56 Å². The monoisotopic (exact) mass is 166 g/mol. The van der Waals surface area contributed by atoms with Crippen molar-refractivity contribution in [2.24, 2.45) is 5.92 Å². The van der Waals surface area contributed by atoms with E-state index in [9.17, 15) is 4.79 Å². The van der Waals surface area contributed by atoms with E-state index in [1.54, 1.807) is 13.1 Å². The molecule has 1 aromatic rings. The molecule has 3 heteroatoms. The first-order valence-electron chi connectivity index (χ1n) is 4.14. The van der Waals surface area contributed by atoms with Crippen molar-refractivity contribution in [3.63, 3.8) is 0 Å². The number of hydrogen-bond acceptors (Lipinski definition) is 2. The maximum atomic E-state index is 11.3. The number of rotatable bonds is 2. The van der Waals surface area contributed by atoms with Gasteiger partial charge in [-0.15, -0.1) is 0 Å². The fraction of sp³-hybridized carbons (Fsp3) is 0.556. The van der Waals surface area contributed by atoms with E-state index in [-0.39, 0.29) is 5.56 Å². The lowest BCUT2D eigenvalue weighted by molar-refractivity contribution is 0.638. The smallest absolute Gasteiger partial charge is 0.254 e. The van der Waals surface area contributed by atoms with Gasteiger partial charge in [-0.1, -0.05) is 13.8 Å². The van der Waals surface area contributed by atoms with E-state index in [2.05, 4.69) is 23.8 Å². The lowest BCUT2D eigenvalue weighted by atomic mass is 10.1. The Labute approximate surface area is 71.9 Å². The molecule has 0 bridgehead atoms. The summed E-state index contributed by atoms with van der Waals surface area (Å²) in [6.07, 6.45) is 2.46. The Morgan fingerprint density at radius 3 is 2.75 bits per heavy atom. The van der Waals surface area contributed by atoms with Crippen molar-refractivity contribution in [1.29, 1.82) is 0 Å². The number of aryl methyl sites for hydroxylation is 1. The van der Waals surface area contributed by atoms with Crippen molar-refractivity contribution in [2.75, 3.05) is 0 Å². The second-order valence-electron chi connectivity index (χ2n) is 3.42. The lowest BCUT2D eigenvalue weighted by Crippen LogP contribution is -2.16. The minimum absolute atomic E-state index is 0.00352. The van der Waals surface area contributed by atoms with Gasteiger partial charge in [0.05, 0.1) is 0 Å². The summed E-state index contributed by atoms with van der Waals surface area (Å²) in [4.78, 5) is 18.0. The molecule has 1 aromatic heterocycles. The summed E-state index contributed by atoms with van der Waals surface area (Å²) in [5.41, 5.74) is 0.770. The number of aromatic nitrogens is 2. The molecule has 0 aliphatic heterocycles. The Hall–Kier alpha value is -1.12. The molecule has 0 spiro atoms. The van der Waals surface area contributed by atoms with Gasteiger partial charge in [-0.25, -0.2) is 4.98 Å². The molecule has 1 N–H and O–H groups in total. The third-order valence-electron chi connectivity index (χ3n) is 1.63. The minimum Gasteiger partial charge on any atom is -0.311 e. The first-order valence-corrected chi connectivity index (χ1v) is 4.14. The Bertz CT molecular complexity index is 315. The number of H-pyrrole nitrogens is 1. The number of nitrogens with one attached hydrogen (secondary N) is 1. The van der Waals surface area contributed by atoms with Crippen molar-refractivity contribution in [1.82, 2.24) is 9.97 Å². The van der Waals surface area contributed by atoms with Gasteiger partial charge >= 0.3 is 0 Å². The Kier molecular flexibility index (Phi) is 2.63.